The highest BCUT2D eigenvalue weighted by molar-refractivity contribution is 6.34. The largest absolute Gasteiger partial charge is 0.0616 e. The molecule has 0 N–H and O–H groups in total. The Balaban J connectivity index is 1.69. The molecule has 5 aromatic carbocycles. The predicted octanol–water partition coefficient (Wildman–Crippen LogP) is 9.83. The van der Waals surface area contributed by atoms with Crippen molar-refractivity contribution in [3.63, 3.8) is 0 Å². The van der Waals surface area contributed by atoms with Crippen LogP contribution in [0.2, 0.25) is 0 Å². The lowest BCUT2D eigenvalue weighted by Crippen LogP contribution is -2.13. The maximum Gasteiger partial charge on any atom is -0.00173 e. The normalized spacial score (nSPS) is 19.0. The molecule has 0 heterocycles. The van der Waals surface area contributed by atoms with Gasteiger partial charge in [0.1, 0.15) is 0 Å². The standard InChI is InChI=1S/C32H32/c1-3-10-21(11-4-1)28-20-24-19-18-23-14-9-17-26-25-15-7-8-16-27(25)32(31(24)29(23)26)30(28)22-12-5-2-6-13-22/h7-9,14-22H,1-6,10-13H2. The number of hydrogen-bond acceptors (Lipinski definition) is 0. The zero-order valence-corrected chi connectivity index (χ0v) is 19.0. The van der Waals surface area contributed by atoms with E-state index < -0.39 is 0 Å². The fraction of sp³-hybridized carbons (Fsp3) is 0.375. The molecule has 0 aliphatic heterocycles. The molecule has 2 aliphatic carbocycles. The maximum absolute atomic E-state index is 2.64. The van der Waals surface area contributed by atoms with Crippen molar-refractivity contribution in [2.75, 3.05) is 0 Å². The SMILES string of the molecule is c1ccc2c(c1)c1cccc3ccc4cc(C5CCCCC5)c(C5CCCCC5)c2c4c31. The average Bonchev–Trinajstić information content (AvgIpc) is 2.88. The first-order chi connectivity index (χ1) is 15.9. The van der Waals surface area contributed by atoms with E-state index >= 15 is 0 Å². The van der Waals surface area contributed by atoms with E-state index in [0.29, 0.717) is 0 Å². The molecular formula is C32H32. The van der Waals surface area contributed by atoms with Gasteiger partial charge in [-0.3, -0.25) is 0 Å². The van der Waals surface area contributed by atoms with E-state index in [1.807, 2.05) is 0 Å². The Morgan fingerprint density at radius 3 is 1.88 bits per heavy atom. The topological polar surface area (TPSA) is 0 Å². The lowest BCUT2D eigenvalue weighted by atomic mass is 9.72. The van der Waals surface area contributed by atoms with Gasteiger partial charge in [-0.15, -0.1) is 0 Å². The molecule has 0 amide bonds. The fourth-order valence-corrected chi connectivity index (χ4v) is 7.33. The number of benzene rings is 5. The third kappa shape index (κ3) is 2.75. The van der Waals surface area contributed by atoms with Crippen LogP contribution in [-0.4, -0.2) is 0 Å². The molecule has 7 rings (SSSR count). The van der Waals surface area contributed by atoms with Crippen molar-refractivity contribution in [3.05, 3.63) is 71.8 Å². The molecule has 160 valence electrons. The molecule has 0 bridgehead atoms. The van der Waals surface area contributed by atoms with Crippen LogP contribution in [0.25, 0.3) is 43.1 Å². The van der Waals surface area contributed by atoms with Gasteiger partial charge < -0.3 is 0 Å². The molecule has 2 fully saturated rings. The van der Waals surface area contributed by atoms with Gasteiger partial charge in [-0.2, -0.15) is 0 Å². The van der Waals surface area contributed by atoms with Gasteiger partial charge in [0, 0.05) is 0 Å². The van der Waals surface area contributed by atoms with E-state index in [9.17, 15) is 0 Å². The second kappa shape index (κ2) is 7.48. The van der Waals surface area contributed by atoms with Crippen molar-refractivity contribution in [1.29, 1.82) is 0 Å². The third-order valence-corrected chi connectivity index (χ3v) is 8.76. The van der Waals surface area contributed by atoms with Gasteiger partial charge in [0.05, 0.1) is 0 Å². The Morgan fingerprint density at radius 1 is 0.469 bits per heavy atom. The molecule has 0 atom stereocenters. The maximum atomic E-state index is 2.64. The van der Waals surface area contributed by atoms with E-state index in [1.165, 1.54) is 102 Å². The first-order valence-electron chi connectivity index (χ1n) is 13.0. The Bertz CT molecular complexity index is 1430. The van der Waals surface area contributed by atoms with Crippen LogP contribution < -0.4 is 0 Å². The first kappa shape index (κ1) is 18.9. The van der Waals surface area contributed by atoms with Gasteiger partial charge in [-0.05, 0) is 91.7 Å². The molecule has 0 nitrogen and oxygen atoms in total. The molecule has 0 heteroatoms. The van der Waals surface area contributed by atoms with E-state index in [1.54, 1.807) is 16.5 Å². The van der Waals surface area contributed by atoms with Gasteiger partial charge in [-0.25, -0.2) is 0 Å². The van der Waals surface area contributed by atoms with Gasteiger partial charge in [0.2, 0.25) is 0 Å². The summed E-state index contributed by atoms with van der Waals surface area (Å²) in [6, 6.07) is 23.6. The van der Waals surface area contributed by atoms with E-state index in [0.717, 1.165) is 11.8 Å². The molecule has 0 saturated heterocycles. The predicted molar refractivity (Wildman–Crippen MR) is 139 cm³/mol. The van der Waals surface area contributed by atoms with Crippen LogP contribution in [0.4, 0.5) is 0 Å². The van der Waals surface area contributed by atoms with Crippen molar-refractivity contribution in [3.8, 4) is 0 Å². The minimum Gasteiger partial charge on any atom is -0.0616 e. The average molecular weight is 417 g/mol. The number of hydrogen-bond donors (Lipinski definition) is 0. The summed E-state index contributed by atoms with van der Waals surface area (Å²) in [4.78, 5) is 0. The number of rotatable bonds is 2. The molecule has 0 radical (unpaired) electrons. The molecular weight excluding hydrogens is 384 g/mol. The number of fused-ring (bicyclic) bond motifs is 3. The van der Waals surface area contributed by atoms with Gasteiger partial charge in [-0.1, -0.05) is 99.2 Å². The quantitative estimate of drug-likeness (QED) is 0.198. The molecule has 0 aromatic heterocycles. The zero-order chi connectivity index (χ0) is 21.1. The summed E-state index contributed by atoms with van der Waals surface area (Å²) in [5.41, 5.74) is 3.46. The zero-order valence-electron chi connectivity index (χ0n) is 19.0. The summed E-state index contributed by atoms with van der Waals surface area (Å²) in [7, 11) is 0. The van der Waals surface area contributed by atoms with Crippen LogP contribution in [0.3, 0.4) is 0 Å². The molecule has 5 aromatic rings. The lowest BCUT2D eigenvalue weighted by Gasteiger charge is -2.32. The molecule has 0 unspecified atom stereocenters. The first-order valence-corrected chi connectivity index (χ1v) is 13.0. The lowest BCUT2D eigenvalue weighted by molar-refractivity contribution is 0.421. The molecule has 2 aliphatic rings. The van der Waals surface area contributed by atoms with Crippen molar-refractivity contribution in [1.82, 2.24) is 0 Å². The molecule has 0 spiro atoms. The van der Waals surface area contributed by atoms with Crippen molar-refractivity contribution < 1.29 is 0 Å². The van der Waals surface area contributed by atoms with E-state index in [4.69, 9.17) is 0 Å². The highest BCUT2D eigenvalue weighted by Crippen LogP contribution is 2.50. The fourth-order valence-electron chi connectivity index (χ4n) is 7.33. The minimum atomic E-state index is 0.730. The molecule has 32 heavy (non-hydrogen) atoms. The van der Waals surface area contributed by atoms with Crippen LogP contribution in [0.15, 0.2) is 60.7 Å². The summed E-state index contributed by atoms with van der Waals surface area (Å²) >= 11 is 0. The van der Waals surface area contributed by atoms with Crippen molar-refractivity contribution in [2.45, 2.75) is 76.0 Å². The summed E-state index contributed by atoms with van der Waals surface area (Å²) in [6.07, 6.45) is 13.9. The summed E-state index contributed by atoms with van der Waals surface area (Å²) in [6.45, 7) is 0. The second-order valence-corrected chi connectivity index (χ2v) is 10.5. The Hall–Kier alpha value is -2.60. The van der Waals surface area contributed by atoms with Crippen LogP contribution in [0.1, 0.15) is 87.2 Å². The third-order valence-electron chi connectivity index (χ3n) is 8.76. The van der Waals surface area contributed by atoms with Crippen LogP contribution in [0.5, 0.6) is 0 Å². The van der Waals surface area contributed by atoms with Crippen molar-refractivity contribution >= 4 is 43.1 Å². The highest BCUT2D eigenvalue weighted by Gasteiger charge is 2.28. The van der Waals surface area contributed by atoms with Gasteiger partial charge in [0.25, 0.3) is 0 Å². The summed E-state index contributed by atoms with van der Waals surface area (Å²) in [5.74, 6) is 1.48. The molecule has 2 saturated carbocycles. The minimum absolute atomic E-state index is 0.730. The van der Waals surface area contributed by atoms with Crippen LogP contribution >= 0.6 is 0 Å². The summed E-state index contributed by atoms with van der Waals surface area (Å²) < 4.78 is 0. The Morgan fingerprint density at radius 2 is 1.09 bits per heavy atom. The van der Waals surface area contributed by atoms with Crippen molar-refractivity contribution in [2.24, 2.45) is 0 Å². The van der Waals surface area contributed by atoms with Crippen LogP contribution in [0, 0.1) is 0 Å². The Labute approximate surface area is 191 Å². The van der Waals surface area contributed by atoms with E-state index in [2.05, 4.69) is 60.7 Å². The Kier molecular flexibility index (Phi) is 4.42. The smallest absolute Gasteiger partial charge is 0.00173 e. The highest BCUT2D eigenvalue weighted by atomic mass is 14.3. The summed E-state index contributed by atoms with van der Waals surface area (Å²) in [5, 5.41) is 11.9. The second-order valence-electron chi connectivity index (χ2n) is 10.5. The van der Waals surface area contributed by atoms with Gasteiger partial charge in [0.15, 0.2) is 0 Å². The van der Waals surface area contributed by atoms with E-state index in [-0.39, 0.29) is 0 Å². The monoisotopic (exact) mass is 416 g/mol. The van der Waals surface area contributed by atoms with Gasteiger partial charge >= 0.3 is 0 Å². The van der Waals surface area contributed by atoms with Crippen LogP contribution in [-0.2, 0) is 0 Å².